The van der Waals surface area contributed by atoms with Gasteiger partial charge in [0.05, 0.1) is 31.2 Å². The summed E-state index contributed by atoms with van der Waals surface area (Å²) in [6, 6.07) is 11.4. The molecule has 0 aromatic heterocycles. The lowest BCUT2D eigenvalue weighted by Crippen LogP contribution is -2.24. The molecular formula is C21H26N2O4S. The fourth-order valence-electron chi connectivity index (χ4n) is 2.53. The zero-order valence-electron chi connectivity index (χ0n) is 16.9. The molecule has 28 heavy (non-hydrogen) atoms. The molecule has 0 aliphatic carbocycles. The molecule has 2 aromatic rings. The molecule has 6 nitrogen and oxygen atoms in total. The minimum Gasteiger partial charge on any atom is -0.493 e. The Balaban J connectivity index is 2.10. The molecule has 0 aliphatic heterocycles. The van der Waals surface area contributed by atoms with Crippen molar-refractivity contribution in [3.8, 4) is 11.5 Å². The SMILES string of the molecule is COc1cc(NC(=O)CSCc2ccc(C)cc2)c(C(=O)N(C)C)cc1OC. The van der Waals surface area contributed by atoms with Crippen molar-refractivity contribution in [2.45, 2.75) is 12.7 Å². The van der Waals surface area contributed by atoms with Crippen molar-refractivity contribution < 1.29 is 19.1 Å². The molecule has 2 rings (SSSR count). The maximum absolute atomic E-state index is 12.5. The lowest BCUT2D eigenvalue weighted by molar-refractivity contribution is -0.113. The van der Waals surface area contributed by atoms with Crippen LogP contribution in [0.3, 0.4) is 0 Å². The molecule has 0 atom stereocenters. The van der Waals surface area contributed by atoms with E-state index in [1.807, 2.05) is 6.92 Å². The number of rotatable bonds is 8. The molecule has 0 saturated heterocycles. The number of benzene rings is 2. The van der Waals surface area contributed by atoms with Crippen molar-refractivity contribution >= 4 is 29.3 Å². The third kappa shape index (κ3) is 5.66. The summed E-state index contributed by atoms with van der Waals surface area (Å²) in [5.74, 6) is 1.47. The van der Waals surface area contributed by atoms with Gasteiger partial charge >= 0.3 is 0 Å². The number of carbonyl (C=O) groups excluding carboxylic acids is 2. The van der Waals surface area contributed by atoms with Gasteiger partial charge in [-0.1, -0.05) is 29.8 Å². The second kappa shape index (κ2) is 10.0. The van der Waals surface area contributed by atoms with E-state index in [0.29, 0.717) is 22.7 Å². The van der Waals surface area contributed by atoms with Crippen LogP contribution in [0.2, 0.25) is 0 Å². The number of ether oxygens (including phenoxy) is 2. The molecule has 2 aromatic carbocycles. The summed E-state index contributed by atoms with van der Waals surface area (Å²) < 4.78 is 10.6. The fraction of sp³-hybridized carbons (Fsp3) is 0.333. The Hall–Kier alpha value is -2.67. The maximum atomic E-state index is 12.5. The summed E-state index contributed by atoms with van der Waals surface area (Å²) in [6.07, 6.45) is 0. The van der Waals surface area contributed by atoms with E-state index >= 15 is 0 Å². The van der Waals surface area contributed by atoms with Crippen LogP contribution in [0.15, 0.2) is 36.4 Å². The summed E-state index contributed by atoms with van der Waals surface area (Å²) in [5, 5.41) is 2.82. The molecule has 0 radical (unpaired) electrons. The summed E-state index contributed by atoms with van der Waals surface area (Å²) in [6.45, 7) is 2.04. The monoisotopic (exact) mass is 402 g/mol. The van der Waals surface area contributed by atoms with Crippen LogP contribution in [0.4, 0.5) is 5.69 Å². The number of hydrogen-bond donors (Lipinski definition) is 1. The maximum Gasteiger partial charge on any atom is 0.255 e. The standard InChI is InChI=1S/C21H26N2O4S/c1-14-6-8-15(9-7-14)12-28-13-20(24)22-17-11-19(27-5)18(26-4)10-16(17)21(25)23(2)3/h6-11H,12-13H2,1-5H3,(H,22,24). The van der Waals surface area contributed by atoms with Gasteiger partial charge in [-0.15, -0.1) is 11.8 Å². The molecule has 150 valence electrons. The van der Waals surface area contributed by atoms with Crippen LogP contribution >= 0.6 is 11.8 Å². The first-order chi connectivity index (χ1) is 13.3. The smallest absolute Gasteiger partial charge is 0.255 e. The molecule has 0 bridgehead atoms. The molecule has 0 spiro atoms. The minimum absolute atomic E-state index is 0.183. The number of anilines is 1. The van der Waals surface area contributed by atoms with Gasteiger partial charge in [-0.25, -0.2) is 0 Å². The molecule has 0 heterocycles. The van der Waals surface area contributed by atoms with E-state index in [-0.39, 0.29) is 17.6 Å². The summed E-state index contributed by atoms with van der Waals surface area (Å²) in [5.41, 5.74) is 3.12. The summed E-state index contributed by atoms with van der Waals surface area (Å²) in [4.78, 5) is 26.4. The number of amides is 2. The quantitative estimate of drug-likeness (QED) is 0.731. The molecule has 2 amide bonds. The Labute approximate surface area is 170 Å². The van der Waals surface area contributed by atoms with Crippen molar-refractivity contribution in [1.29, 1.82) is 0 Å². The molecule has 7 heteroatoms. The predicted molar refractivity (Wildman–Crippen MR) is 114 cm³/mol. The van der Waals surface area contributed by atoms with Gasteiger partial charge in [0, 0.05) is 25.9 Å². The summed E-state index contributed by atoms with van der Waals surface area (Å²) >= 11 is 1.51. The van der Waals surface area contributed by atoms with Crippen LogP contribution in [0.5, 0.6) is 11.5 Å². The van der Waals surface area contributed by atoms with Gasteiger partial charge in [0.25, 0.3) is 5.91 Å². The first-order valence-electron chi connectivity index (χ1n) is 8.76. The first kappa shape index (κ1) is 21.6. The molecular weight excluding hydrogens is 376 g/mol. The van der Waals surface area contributed by atoms with E-state index in [4.69, 9.17) is 9.47 Å². The largest absolute Gasteiger partial charge is 0.493 e. The van der Waals surface area contributed by atoms with Crippen LogP contribution in [-0.4, -0.2) is 50.8 Å². The van der Waals surface area contributed by atoms with E-state index in [1.54, 1.807) is 26.2 Å². The normalized spacial score (nSPS) is 10.3. The highest BCUT2D eigenvalue weighted by atomic mass is 32.2. The van der Waals surface area contributed by atoms with Gasteiger partial charge in [-0.3, -0.25) is 9.59 Å². The number of aryl methyl sites for hydroxylation is 1. The first-order valence-corrected chi connectivity index (χ1v) is 9.92. The van der Waals surface area contributed by atoms with Gasteiger partial charge in [0.1, 0.15) is 0 Å². The van der Waals surface area contributed by atoms with Crippen molar-refractivity contribution in [3.63, 3.8) is 0 Å². The predicted octanol–water partition coefficient (Wildman–Crippen LogP) is 3.59. The van der Waals surface area contributed by atoms with Crippen LogP contribution in [0, 0.1) is 6.92 Å². The van der Waals surface area contributed by atoms with Crippen LogP contribution in [0.25, 0.3) is 0 Å². The number of nitrogens with zero attached hydrogens (tertiary/aromatic N) is 1. The number of nitrogens with one attached hydrogen (secondary N) is 1. The lowest BCUT2D eigenvalue weighted by atomic mass is 10.1. The number of thioether (sulfide) groups is 1. The van der Waals surface area contributed by atoms with Gasteiger partial charge < -0.3 is 19.7 Å². The van der Waals surface area contributed by atoms with E-state index in [0.717, 1.165) is 11.3 Å². The highest BCUT2D eigenvalue weighted by molar-refractivity contribution is 7.99. The second-order valence-electron chi connectivity index (χ2n) is 6.48. The van der Waals surface area contributed by atoms with Gasteiger partial charge in [0.15, 0.2) is 11.5 Å². The molecule has 0 aliphatic rings. The Morgan fingerprint density at radius 1 is 1.04 bits per heavy atom. The van der Waals surface area contributed by atoms with E-state index in [2.05, 4.69) is 29.6 Å². The zero-order valence-corrected chi connectivity index (χ0v) is 17.7. The van der Waals surface area contributed by atoms with Gasteiger partial charge in [-0.05, 0) is 18.6 Å². The van der Waals surface area contributed by atoms with Crippen molar-refractivity contribution in [2.24, 2.45) is 0 Å². The number of hydrogen-bond acceptors (Lipinski definition) is 5. The van der Waals surface area contributed by atoms with Crippen molar-refractivity contribution in [3.05, 3.63) is 53.1 Å². The third-order valence-electron chi connectivity index (χ3n) is 4.06. The van der Waals surface area contributed by atoms with Crippen LogP contribution in [0.1, 0.15) is 21.5 Å². The van der Waals surface area contributed by atoms with E-state index in [1.165, 1.54) is 36.4 Å². The number of methoxy groups -OCH3 is 2. The Morgan fingerprint density at radius 3 is 2.21 bits per heavy atom. The third-order valence-corrected chi connectivity index (χ3v) is 5.06. The Kier molecular flexibility index (Phi) is 7.75. The van der Waals surface area contributed by atoms with E-state index < -0.39 is 0 Å². The van der Waals surface area contributed by atoms with Gasteiger partial charge in [0.2, 0.25) is 5.91 Å². The van der Waals surface area contributed by atoms with Crippen LogP contribution in [-0.2, 0) is 10.5 Å². The Bertz CT molecular complexity index is 835. The Morgan fingerprint density at radius 2 is 1.64 bits per heavy atom. The average molecular weight is 403 g/mol. The topological polar surface area (TPSA) is 67.9 Å². The second-order valence-corrected chi connectivity index (χ2v) is 7.46. The highest BCUT2D eigenvalue weighted by Crippen LogP contribution is 2.34. The molecule has 0 saturated carbocycles. The highest BCUT2D eigenvalue weighted by Gasteiger charge is 2.19. The zero-order chi connectivity index (χ0) is 20.7. The minimum atomic E-state index is -0.233. The average Bonchev–Trinajstić information content (AvgIpc) is 2.68. The van der Waals surface area contributed by atoms with Crippen LogP contribution < -0.4 is 14.8 Å². The van der Waals surface area contributed by atoms with Gasteiger partial charge in [-0.2, -0.15) is 0 Å². The molecule has 0 fully saturated rings. The fourth-order valence-corrected chi connectivity index (χ4v) is 3.32. The molecule has 0 unspecified atom stereocenters. The van der Waals surface area contributed by atoms with Crippen molar-refractivity contribution in [2.75, 3.05) is 39.4 Å². The van der Waals surface area contributed by atoms with E-state index in [9.17, 15) is 9.59 Å². The van der Waals surface area contributed by atoms with Crippen molar-refractivity contribution in [1.82, 2.24) is 4.90 Å². The summed E-state index contributed by atoms with van der Waals surface area (Å²) in [7, 11) is 6.32. The lowest BCUT2D eigenvalue weighted by Gasteiger charge is -2.18. The molecule has 1 N–H and O–H groups in total. The number of carbonyl (C=O) groups is 2.